The Morgan fingerprint density at radius 2 is 1.74 bits per heavy atom. The molecule has 2 saturated heterocycles. The van der Waals surface area contributed by atoms with Crippen LogP contribution in [0, 0.1) is 0 Å². The van der Waals surface area contributed by atoms with Crippen molar-refractivity contribution in [2.45, 2.75) is 30.6 Å². The molecule has 2 aromatic carbocycles. The lowest BCUT2D eigenvalue weighted by Gasteiger charge is -2.37. The van der Waals surface area contributed by atoms with Crippen LogP contribution in [0.1, 0.15) is 30.6 Å². The van der Waals surface area contributed by atoms with Crippen molar-refractivity contribution in [3.8, 4) is 0 Å². The summed E-state index contributed by atoms with van der Waals surface area (Å²) in [6, 6.07) is 14.9. The van der Waals surface area contributed by atoms with Gasteiger partial charge in [0, 0.05) is 49.3 Å². The van der Waals surface area contributed by atoms with Crippen molar-refractivity contribution in [3.05, 3.63) is 84.2 Å². The molecule has 38 heavy (non-hydrogen) atoms. The number of hydrogen-bond acceptors (Lipinski definition) is 6. The second-order valence-corrected chi connectivity index (χ2v) is 12.3. The molecule has 2 aliphatic rings. The van der Waals surface area contributed by atoms with E-state index in [1.165, 1.54) is 16.1 Å². The zero-order valence-corrected chi connectivity index (χ0v) is 23.0. The summed E-state index contributed by atoms with van der Waals surface area (Å²) in [6.45, 7) is 7.88. The maximum Gasteiger partial charge on any atom is 0.235 e. The molecule has 3 heterocycles. The van der Waals surface area contributed by atoms with E-state index >= 15 is 0 Å². The number of halogens is 1. The number of fused-ring (bicyclic) bond motifs is 1. The highest BCUT2D eigenvalue weighted by atomic mass is 35.5. The second-order valence-electron chi connectivity index (χ2n) is 9.83. The van der Waals surface area contributed by atoms with E-state index in [0.717, 1.165) is 36.7 Å². The summed E-state index contributed by atoms with van der Waals surface area (Å²) in [5.74, 6) is -0.291. The molecule has 202 valence electrons. The van der Waals surface area contributed by atoms with Crippen LogP contribution in [0.5, 0.6) is 0 Å². The van der Waals surface area contributed by atoms with Crippen LogP contribution >= 0.6 is 11.6 Å². The summed E-state index contributed by atoms with van der Waals surface area (Å²) < 4.78 is 27.0. The number of rotatable bonds is 5. The van der Waals surface area contributed by atoms with E-state index in [-0.39, 0.29) is 19.0 Å². The molecule has 2 fully saturated rings. The number of piperidine rings is 1. The number of carbonyl (C=O) groups is 1. The molecule has 0 bridgehead atoms. The Labute approximate surface area is 229 Å². The van der Waals surface area contributed by atoms with Crippen LogP contribution in [0.15, 0.2) is 73.6 Å². The van der Waals surface area contributed by atoms with E-state index in [1.54, 1.807) is 12.1 Å². The Kier molecular flexibility index (Phi) is 8.72. The molecule has 8 nitrogen and oxygen atoms in total. The van der Waals surface area contributed by atoms with Gasteiger partial charge in [-0.25, -0.2) is 8.42 Å². The van der Waals surface area contributed by atoms with Gasteiger partial charge in [-0.1, -0.05) is 35.9 Å². The van der Waals surface area contributed by atoms with Crippen molar-refractivity contribution in [2.75, 3.05) is 37.6 Å². The first kappa shape index (κ1) is 28.0. The summed E-state index contributed by atoms with van der Waals surface area (Å²) in [6.07, 6.45) is 6.70. The van der Waals surface area contributed by atoms with Crippen LogP contribution in [0.2, 0.25) is 5.02 Å². The number of piperazine rings is 1. The first-order valence-electron chi connectivity index (χ1n) is 12.5. The third-order valence-electron chi connectivity index (χ3n) is 6.92. The average molecular weight is 557 g/mol. The van der Waals surface area contributed by atoms with E-state index in [2.05, 4.69) is 21.8 Å². The normalized spacial score (nSPS) is 18.7. The molecule has 1 unspecified atom stereocenters. The molecule has 0 aliphatic carbocycles. The molecular formula is C28H33ClN4O4S. The van der Waals surface area contributed by atoms with E-state index in [9.17, 15) is 18.3 Å². The molecule has 10 heteroatoms. The van der Waals surface area contributed by atoms with Crippen LogP contribution in [-0.4, -0.2) is 67.0 Å². The Hall–Kier alpha value is -2.98. The van der Waals surface area contributed by atoms with E-state index < -0.39 is 20.9 Å². The molecule has 0 radical (unpaired) electrons. The van der Waals surface area contributed by atoms with Gasteiger partial charge in [-0.3, -0.25) is 9.78 Å². The first-order valence-corrected chi connectivity index (χ1v) is 14.4. The van der Waals surface area contributed by atoms with Gasteiger partial charge in [0.2, 0.25) is 15.9 Å². The quantitative estimate of drug-likeness (QED) is 0.462. The second kappa shape index (κ2) is 11.8. The number of benzene rings is 2. The van der Waals surface area contributed by atoms with Gasteiger partial charge in [0.05, 0.1) is 12.1 Å². The van der Waals surface area contributed by atoms with E-state index in [0.29, 0.717) is 17.1 Å². The fourth-order valence-electron chi connectivity index (χ4n) is 4.64. The van der Waals surface area contributed by atoms with Crippen molar-refractivity contribution in [3.63, 3.8) is 0 Å². The minimum atomic E-state index is -3.71. The van der Waals surface area contributed by atoms with Crippen molar-refractivity contribution in [1.29, 1.82) is 0 Å². The van der Waals surface area contributed by atoms with Crippen molar-refractivity contribution in [2.24, 2.45) is 0 Å². The monoisotopic (exact) mass is 556 g/mol. The van der Waals surface area contributed by atoms with Gasteiger partial charge in [0.1, 0.15) is 5.25 Å². The summed E-state index contributed by atoms with van der Waals surface area (Å²) in [5, 5.41) is 14.0. The predicted molar refractivity (Wildman–Crippen MR) is 152 cm³/mol. The fraction of sp³-hybridized carbons (Fsp3) is 0.357. The number of pyridine rings is 1. The van der Waals surface area contributed by atoms with Crippen LogP contribution in [-0.2, 0) is 14.8 Å². The SMILES string of the molecule is C=CC(c1ccc2cc(Cl)ccc2c1)S(=O)(=O)N1CCNC(=O)C1.CC1(O)CCN(c2ccncc2)CC1. The molecule has 1 atom stereocenters. The van der Waals surface area contributed by atoms with Crippen molar-refractivity contribution < 1.29 is 18.3 Å². The number of nitrogens with one attached hydrogen (secondary N) is 1. The van der Waals surface area contributed by atoms with Gasteiger partial charge in [0.25, 0.3) is 0 Å². The van der Waals surface area contributed by atoms with E-state index in [4.69, 9.17) is 11.6 Å². The minimum Gasteiger partial charge on any atom is -0.390 e. The van der Waals surface area contributed by atoms with Crippen LogP contribution in [0.4, 0.5) is 5.69 Å². The van der Waals surface area contributed by atoms with Gasteiger partial charge < -0.3 is 15.3 Å². The van der Waals surface area contributed by atoms with Crippen LogP contribution in [0.3, 0.4) is 0 Å². The largest absolute Gasteiger partial charge is 0.390 e. The number of aromatic nitrogens is 1. The molecule has 1 amide bonds. The number of carbonyl (C=O) groups excluding carboxylic acids is 1. The number of amides is 1. The average Bonchev–Trinajstić information content (AvgIpc) is 2.90. The maximum atomic E-state index is 12.9. The lowest BCUT2D eigenvalue weighted by atomic mass is 9.93. The molecule has 3 aromatic rings. The molecule has 2 aliphatic heterocycles. The van der Waals surface area contributed by atoms with Crippen molar-refractivity contribution in [1.82, 2.24) is 14.6 Å². The maximum absolute atomic E-state index is 12.9. The van der Waals surface area contributed by atoms with E-state index in [1.807, 2.05) is 55.7 Å². The van der Waals surface area contributed by atoms with Crippen LogP contribution in [0.25, 0.3) is 10.8 Å². The zero-order chi connectivity index (χ0) is 27.3. The highest BCUT2D eigenvalue weighted by molar-refractivity contribution is 7.89. The molecule has 0 saturated carbocycles. The standard InChI is InChI=1S/C17H17ClN2O3S.C11H16N2O/c1-2-16(24(22,23)20-8-7-19-17(21)11-20)14-4-3-13-10-15(18)6-5-12(13)9-14;1-11(14)4-8-13(9-5-11)10-2-6-12-7-3-10/h2-6,9-10,16H,1,7-8,11H2,(H,19,21);2-3,6-7,14H,4-5,8-9H2,1H3. The fourth-order valence-corrected chi connectivity index (χ4v) is 6.51. The number of hydrogen-bond donors (Lipinski definition) is 2. The summed E-state index contributed by atoms with van der Waals surface area (Å²) in [7, 11) is -3.71. The highest BCUT2D eigenvalue weighted by Gasteiger charge is 2.34. The molecule has 1 aromatic heterocycles. The molecule has 0 spiro atoms. The minimum absolute atomic E-state index is 0.157. The molecule has 5 rings (SSSR count). The topological polar surface area (TPSA) is 103 Å². The number of aliphatic hydroxyl groups is 1. The predicted octanol–water partition coefficient (Wildman–Crippen LogP) is 3.91. The zero-order valence-electron chi connectivity index (χ0n) is 21.4. The Balaban J connectivity index is 0.000000204. The van der Waals surface area contributed by atoms with Gasteiger partial charge in [0.15, 0.2) is 0 Å². The Bertz CT molecular complexity index is 1390. The molecule has 2 N–H and O–H groups in total. The number of anilines is 1. The first-order chi connectivity index (χ1) is 18.1. The van der Waals surface area contributed by atoms with Gasteiger partial charge in [-0.05, 0) is 66.4 Å². The van der Waals surface area contributed by atoms with Gasteiger partial charge in [-0.15, -0.1) is 6.58 Å². The molecular weight excluding hydrogens is 524 g/mol. The van der Waals surface area contributed by atoms with Crippen molar-refractivity contribution >= 4 is 44.0 Å². The highest BCUT2D eigenvalue weighted by Crippen LogP contribution is 2.30. The summed E-state index contributed by atoms with van der Waals surface area (Å²) >= 11 is 5.98. The third-order valence-corrected chi connectivity index (χ3v) is 9.29. The van der Waals surface area contributed by atoms with Gasteiger partial charge >= 0.3 is 0 Å². The Morgan fingerprint density at radius 1 is 1.08 bits per heavy atom. The Morgan fingerprint density at radius 3 is 2.39 bits per heavy atom. The van der Waals surface area contributed by atoms with Gasteiger partial charge in [-0.2, -0.15) is 4.31 Å². The number of nitrogens with zero attached hydrogens (tertiary/aromatic N) is 3. The smallest absolute Gasteiger partial charge is 0.235 e. The lowest BCUT2D eigenvalue weighted by Crippen LogP contribution is -2.50. The summed E-state index contributed by atoms with van der Waals surface area (Å²) in [4.78, 5) is 17.8. The third kappa shape index (κ3) is 6.71. The summed E-state index contributed by atoms with van der Waals surface area (Å²) in [5.41, 5.74) is 1.35. The number of sulfonamides is 1. The van der Waals surface area contributed by atoms with Crippen LogP contribution < -0.4 is 10.2 Å². The lowest BCUT2D eigenvalue weighted by molar-refractivity contribution is -0.122.